The number of nitriles is 1. The lowest BCUT2D eigenvalue weighted by atomic mass is 9.80. The number of ether oxygens (including phenoxy) is 5. The van der Waals surface area contributed by atoms with Crippen molar-refractivity contribution < 1.29 is 23.7 Å². The second-order valence-electron chi connectivity index (χ2n) is 8.15. The van der Waals surface area contributed by atoms with Crippen LogP contribution in [0.3, 0.4) is 0 Å². The van der Waals surface area contributed by atoms with Crippen LogP contribution in [0.2, 0.25) is 0 Å². The second-order valence-corrected chi connectivity index (χ2v) is 8.15. The molecule has 6 heteroatoms. The van der Waals surface area contributed by atoms with Crippen molar-refractivity contribution in [1.82, 2.24) is 0 Å². The minimum Gasteiger partial charge on any atom is -0.493 e. The molecule has 0 radical (unpaired) electrons. The predicted molar refractivity (Wildman–Crippen MR) is 121 cm³/mol. The maximum absolute atomic E-state index is 9.44. The van der Waals surface area contributed by atoms with Crippen LogP contribution < -0.4 is 18.9 Å². The van der Waals surface area contributed by atoms with E-state index in [0.29, 0.717) is 23.0 Å². The summed E-state index contributed by atoms with van der Waals surface area (Å²) in [6.45, 7) is 0. The van der Waals surface area contributed by atoms with Crippen molar-refractivity contribution in [1.29, 1.82) is 5.26 Å². The molecule has 1 aliphatic heterocycles. The first-order valence-electron chi connectivity index (χ1n) is 10.8. The zero-order chi connectivity index (χ0) is 22.7. The molecule has 2 aromatic rings. The molecule has 168 valence electrons. The third-order valence-electron chi connectivity index (χ3n) is 6.77. The molecule has 1 heterocycles. The topological polar surface area (TPSA) is 69.9 Å². The van der Waals surface area contributed by atoms with Gasteiger partial charge in [0.05, 0.1) is 46.2 Å². The van der Waals surface area contributed by atoms with Gasteiger partial charge in [-0.1, -0.05) is 12.1 Å². The Labute approximate surface area is 189 Å². The second kappa shape index (κ2) is 9.13. The standard InChI is InChI=1S/C26H29NO5/c1-28-22-9-5-17(15-24(22)30-3)20-8-7-19(12-14-27)26(20)13-11-21(32-26)18-6-10-23(29-2)25(16-18)31-4/h5-6,9-10,12,15-16,20-21H,7-8,11,13H2,1-4H3/b19-12+. The van der Waals surface area contributed by atoms with Gasteiger partial charge in [-0.05, 0) is 66.6 Å². The summed E-state index contributed by atoms with van der Waals surface area (Å²) in [6, 6.07) is 14.2. The monoisotopic (exact) mass is 435 g/mol. The largest absolute Gasteiger partial charge is 0.493 e. The van der Waals surface area contributed by atoms with Crippen LogP contribution >= 0.6 is 0 Å². The number of nitrogens with zero attached hydrogens (tertiary/aromatic N) is 1. The summed E-state index contributed by atoms with van der Waals surface area (Å²) in [5.41, 5.74) is 2.75. The molecule has 3 unspecified atom stereocenters. The van der Waals surface area contributed by atoms with Gasteiger partial charge in [-0.15, -0.1) is 0 Å². The number of hydrogen-bond acceptors (Lipinski definition) is 6. The molecule has 0 aromatic heterocycles. The molecule has 0 bridgehead atoms. The molecule has 2 aromatic carbocycles. The molecule has 2 fully saturated rings. The highest BCUT2D eigenvalue weighted by Crippen LogP contribution is 2.58. The average Bonchev–Trinajstić information content (AvgIpc) is 3.43. The fourth-order valence-electron chi connectivity index (χ4n) is 5.24. The molecule has 2 aliphatic rings. The van der Waals surface area contributed by atoms with Gasteiger partial charge < -0.3 is 23.7 Å². The van der Waals surface area contributed by atoms with Crippen LogP contribution in [0.4, 0.5) is 0 Å². The van der Waals surface area contributed by atoms with E-state index in [-0.39, 0.29) is 12.0 Å². The summed E-state index contributed by atoms with van der Waals surface area (Å²) < 4.78 is 28.7. The first-order valence-corrected chi connectivity index (χ1v) is 10.8. The molecule has 1 saturated heterocycles. The number of allylic oxidation sites excluding steroid dienone is 1. The van der Waals surface area contributed by atoms with Crippen LogP contribution in [0.15, 0.2) is 48.0 Å². The van der Waals surface area contributed by atoms with Gasteiger partial charge in [-0.2, -0.15) is 5.26 Å². The fourth-order valence-corrected chi connectivity index (χ4v) is 5.24. The van der Waals surface area contributed by atoms with Crippen molar-refractivity contribution in [3.8, 4) is 29.1 Å². The number of benzene rings is 2. The summed E-state index contributed by atoms with van der Waals surface area (Å²) in [5, 5.41) is 9.44. The summed E-state index contributed by atoms with van der Waals surface area (Å²) in [5.74, 6) is 2.91. The summed E-state index contributed by atoms with van der Waals surface area (Å²) in [6.07, 6.45) is 5.06. The highest BCUT2D eigenvalue weighted by Gasteiger charge is 2.53. The van der Waals surface area contributed by atoms with E-state index in [1.54, 1.807) is 34.5 Å². The molecule has 0 N–H and O–H groups in total. The van der Waals surface area contributed by atoms with Crippen LogP contribution in [0, 0.1) is 11.3 Å². The Hall–Kier alpha value is -3.17. The first-order chi connectivity index (χ1) is 15.6. The average molecular weight is 436 g/mol. The third kappa shape index (κ3) is 3.67. The Morgan fingerprint density at radius 3 is 2.06 bits per heavy atom. The predicted octanol–water partition coefficient (Wildman–Crippen LogP) is 5.34. The van der Waals surface area contributed by atoms with Crippen LogP contribution in [0.5, 0.6) is 23.0 Å². The molecule has 1 saturated carbocycles. The highest BCUT2D eigenvalue weighted by atomic mass is 16.5. The lowest BCUT2D eigenvalue weighted by Crippen LogP contribution is -2.33. The SMILES string of the molecule is COc1ccc(C2CCC3(O2)/C(=C/C#N)CCC3c2ccc(OC)c(OC)c2)cc1OC. The van der Waals surface area contributed by atoms with Crippen molar-refractivity contribution >= 4 is 0 Å². The third-order valence-corrected chi connectivity index (χ3v) is 6.77. The summed E-state index contributed by atoms with van der Waals surface area (Å²) in [7, 11) is 6.54. The van der Waals surface area contributed by atoms with Gasteiger partial charge in [0, 0.05) is 12.0 Å². The van der Waals surface area contributed by atoms with E-state index >= 15 is 0 Å². The minimum atomic E-state index is -0.507. The molecule has 6 nitrogen and oxygen atoms in total. The lowest BCUT2D eigenvalue weighted by molar-refractivity contribution is -0.0244. The summed E-state index contributed by atoms with van der Waals surface area (Å²) >= 11 is 0. The smallest absolute Gasteiger partial charge is 0.161 e. The molecule has 1 spiro atoms. The van der Waals surface area contributed by atoms with Gasteiger partial charge in [-0.25, -0.2) is 0 Å². The Balaban J connectivity index is 1.70. The fraction of sp³-hybridized carbons (Fsp3) is 0.423. The zero-order valence-electron chi connectivity index (χ0n) is 19.0. The van der Waals surface area contributed by atoms with Crippen LogP contribution in [0.1, 0.15) is 48.8 Å². The molecule has 4 rings (SSSR count). The Morgan fingerprint density at radius 1 is 0.875 bits per heavy atom. The Morgan fingerprint density at radius 2 is 1.47 bits per heavy atom. The van der Waals surface area contributed by atoms with Crippen LogP contribution in [-0.4, -0.2) is 34.0 Å². The van der Waals surface area contributed by atoms with Gasteiger partial charge in [0.2, 0.25) is 0 Å². The van der Waals surface area contributed by atoms with Crippen molar-refractivity contribution in [3.05, 3.63) is 59.2 Å². The highest BCUT2D eigenvalue weighted by molar-refractivity contribution is 5.48. The van der Waals surface area contributed by atoms with E-state index in [9.17, 15) is 5.26 Å². The normalized spacial score (nSPS) is 25.7. The molecule has 0 amide bonds. The molecule has 32 heavy (non-hydrogen) atoms. The zero-order valence-corrected chi connectivity index (χ0v) is 19.0. The maximum Gasteiger partial charge on any atom is 0.161 e. The van der Waals surface area contributed by atoms with E-state index in [1.165, 1.54) is 0 Å². The number of rotatable bonds is 6. The van der Waals surface area contributed by atoms with Crippen molar-refractivity contribution in [3.63, 3.8) is 0 Å². The lowest BCUT2D eigenvalue weighted by Gasteiger charge is -2.33. The maximum atomic E-state index is 9.44. The van der Waals surface area contributed by atoms with Crippen molar-refractivity contribution in [2.24, 2.45) is 0 Å². The number of methoxy groups -OCH3 is 4. The Kier molecular flexibility index (Phi) is 6.29. The van der Waals surface area contributed by atoms with E-state index < -0.39 is 5.60 Å². The van der Waals surface area contributed by atoms with Crippen molar-refractivity contribution in [2.75, 3.05) is 28.4 Å². The van der Waals surface area contributed by atoms with Gasteiger partial charge in [0.25, 0.3) is 0 Å². The minimum absolute atomic E-state index is 0.0855. The van der Waals surface area contributed by atoms with Gasteiger partial charge >= 0.3 is 0 Å². The van der Waals surface area contributed by atoms with E-state index in [1.807, 2.05) is 30.3 Å². The Bertz CT molecular complexity index is 1060. The van der Waals surface area contributed by atoms with E-state index in [4.69, 9.17) is 23.7 Å². The molecular weight excluding hydrogens is 406 g/mol. The van der Waals surface area contributed by atoms with E-state index in [0.717, 1.165) is 42.4 Å². The number of hydrogen-bond donors (Lipinski definition) is 0. The van der Waals surface area contributed by atoms with Crippen LogP contribution in [0.25, 0.3) is 0 Å². The van der Waals surface area contributed by atoms with Crippen molar-refractivity contribution in [2.45, 2.75) is 43.3 Å². The molecule has 3 atom stereocenters. The van der Waals surface area contributed by atoms with E-state index in [2.05, 4.69) is 12.1 Å². The van der Waals surface area contributed by atoms with Crippen LogP contribution in [-0.2, 0) is 4.74 Å². The van der Waals surface area contributed by atoms with Gasteiger partial charge in [0.1, 0.15) is 0 Å². The molecule has 1 aliphatic carbocycles. The van der Waals surface area contributed by atoms with Gasteiger partial charge in [-0.3, -0.25) is 0 Å². The summed E-state index contributed by atoms with van der Waals surface area (Å²) in [4.78, 5) is 0. The van der Waals surface area contributed by atoms with Gasteiger partial charge in [0.15, 0.2) is 23.0 Å². The molecular formula is C26H29NO5. The first kappa shape index (κ1) is 22.0. The quantitative estimate of drug-likeness (QED) is 0.571.